The zero-order valence-electron chi connectivity index (χ0n) is 8.60. The maximum Gasteiger partial charge on any atom is 0.234 e. The van der Waals surface area contributed by atoms with Crippen molar-refractivity contribution in [3.8, 4) is 0 Å². The molecule has 1 saturated heterocycles. The molecule has 1 unspecified atom stereocenters. The van der Waals surface area contributed by atoms with E-state index < -0.39 is 0 Å². The molecule has 0 aromatic heterocycles. The second-order valence-electron chi connectivity index (χ2n) is 3.87. The predicted molar refractivity (Wildman–Crippen MR) is 59.8 cm³/mol. The van der Waals surface area contributed by atoms with E-state index in [0.29, 0.717) is 12.5 Å². The van der Waals surface area contributed by atoms with Crippen molar-refractivity contribution in [3.63, 3.8) is 0 Å². The van der Waals surface area contributed by atoms with E-state index in [9.17, 15) is 4.79 Å². The van der Waals surface area contributed by atoms with Crippen LogP contribution in [0.25, 0.3) is 0 Å². The van der Waals surface area contributed by atoms with Crippen LogP contribution >= 0.6 is 0 Å². The molecule has 15 heavy (non-hydrogen) atoms. The quantitative estimate of drug-likeness (QED) is 0.553. The second-order valence-corrected chi connectivity index (χ2v) is 3.87. The fraction of sp³-hybridized carbons (Fsp3) is 0.417. The van der Waals surface area contributed by atoms with E-state index in [-0.39, 0.29) is 0 Å². The summed E-state index contributed by atoms with van der Waals surface area (Å²) in [5.74, 6) is 0.506. The van der Waals surface area contributed by atoms with E-state index in [4.69, 9.17) is 0 Å². The Morgan fingerprint density at radius 1 is 1.40 bits per heavy atom. The highest BCUT2D eigenvalue weighted by Gasteiger charge is 2.21. The maximum absolute atomic E-state index is 10.0. The molecule has 1 aromatic carbocycles. The number of nitrogens with zero attached hydrogens (tertiary/aromatic N) is 2. The van der Waals surface area contributed by atoms with Crippen LogP contribution in [0.4, 0.5) is 5.69 Å². The van der Waals surface area contributed by atoms with Crippen molar-refractivity contribution < 1.29 is 4.79 Å². The normalized spacial score (nSPS) is 20.0. The van der Waals surface area contributed by atoms with Gasteiger partial charge in [0.05, 0.1) is 6.54 Å². The first-order valence-corrected chi connectivity index (χ1v) is 5.24. The SMILES string of the molecule is O=C=NCC1CCN(c2ccccc2)C1. The molecule has 0 bridgehead atoms. The lowest BCUT2D eigenvalue weighted by Gasteiger charge is -2.17. The van der Waals surface area contributed by atoms with Crippen LogP contribution in [0.1, 0.15) is 6.42 Å². The van der Waals surface area contributed by atoms with Crippen LogP contribution in [0.3, 0.4) is 0 Å². The summed E-state index contributed by atoms with van der Waals surface area (Å²) in [4.78, 5) is 16.0. The molecular weight excluding hydrogens is 188 g/mol. The van der Waals surface area contributed by atoms with E-state index in [1.807, 2.05) is 18.2 Å². The number of benzene rings is 1. The molecule has 0 saturated carbocycles. The topological polar surface area (TPSA) is 32.7 Å². The van der Waals surface area contributed by atoms with Gasteiger partial charge in [-0.25, -0.2) is 9.79 Å². The summed E-state index contributed by atoms with van der Waals surface area (Å²) >= 11 is 0. The average molecular weight is 202 g/mol. The molecule has 1 aliphatic rings. The van der Waals surface area contributed by atoms with Gasteiger partial charge in [0, 0.05) is 18.8 Å². The Labute approximate surface area is 89.4 Å². The van der Waals surface area contributed by atoms with Gasteiger partial charge in [-0.1, -0.05) is 18.2 Å². The van der Waals surface area contributed by atoms with E-state index in [0.717, 1.165) is 19.5 Å². The molecular formula is C12H14N2O. The summed E-state index contributed by atoms with van der Waals surface area (Å²) in [6.45, 7) is 2.67. The largest absolute Gasteiger partial charge is 0.371 e. The zero-order valence-corrected chi connectivity index (χ0v) is 8.60. The van der Waals surface area contributed by atoms with Gasteiger partial charge in [0.25, 0.3) is 0 Å². The molecule has 78 valence electrons. The molecule has 0 spiro atoms. The highest BCUT2D eigenvalue weighted by atomic mass is 16.1. The van der Waals surface area contributed by atoms with Gasteiger partial charge in [0.1, 0.15) is 0 Å². The Morgan fingerprint density at radius 2 is 2.20 bits per heavy atom. The summed E-state index contributed by atoms with van der Waals surface area (Å²) in [5, 5.41) is 0. The lowest BCUT2D eigenvalue weighted by atomic mass is 10.1. The Kier molecular flexibility index (Phi) is 3.15. The molecule has 1 atom stereocenters. The summed E-state index contributed by atoms with van der Waals surface area (Å²) in [7, 11) is 0. The molecule has 0 radical (unpaired) electrons. The van der Waals surface area contributed by atoms with Crippen LogP contribution in [-0.2, 0) is 4.79 Å². The molecule has 1 heterocycles. The number of aliphatic imine (C=N–C) groups is 1. The minimum atomic E-state index is 0.506. The Morgan fingerprint density at radius 3 is 2.93 bits per heavy atom. The molecule has 1 fully saturated rings. The van der Waals surface area contributed by atoms with Crippen LogP contribution < -0.4 is 4.90 Å². The molecule has 1 aliphatic heterocycles. The van der Waals surface area contributed by atoms with Crippen molar-refractivity contribution >= 4 is 11.8 Å². The second kappa shape index (κ2) is 4.76. The third kappa shape index (κ3) is 2.45. The number of hydrogen-bond acceptors (Lipinski definition) is 3. The van der Waals surface area contributed by atoms with E-state index in [1.54, 1.807) is 6.08 Å². The van der Waals surface area contributed by atoms with Gasteiger partial charge in [-0.05, 0) is 24.5 Å². The average Bonchev–Trinajstić information content (AvgIpc) is 2.76. The van der Waals surface area contributed by atoms with Crippen LogP contribution in [0.15, 0.2) is 35.3 Å². The fourth-order valence-corrected chi connectivity index (χ4v) is 2.02. The van der Waals surface area contributed by atoms with Crippen LogP contribution in [0.2, 0.25) is 0 Å². The summed E-state index contributed by atoms with van der Waals surface area (Å²) in [5.41, 5.74) is 1.26. The molecule has 0 N–H and O–H groups in total. The number of anilines is 1. The monoisotopic (exact) mass is 202 g/mol. The van der Waals surface area contributed by atoms with Crippen molar-refractivity contribution in [2.75, 3.05) is 24.5 Å². The van der Waals surface area contributed by atoms with E-state index in [2.05, 4.69) is 22.0 Å². The number of isocyanates is 1. The third-order valence-electron chi connectivity index (χ3n) is 2.82. The van der Waals surface area contributed by atoms with Crippen LogP contribution in [-0.4, -0.2) is 25.7 Å². The summed E-state index contributed by atoms with van der Waals surface area (Å²) in [6.07, 6.45) is 2.72. The maximum atomic E-state index is 10.0. The number of rotatable bonds is 3. The first kappa shape index (κ1) is 9.94. The third-order valence-corrected chi connectivity index (χ3v) is 2.82. The Hall–Kier alpha value is -1.60. The molecule has 0 amide bonds. The number of carbonyl (C=O) groups excluding carboxylic acids is 1. The zero-order chi connectivity index (χ0) is 10.5. The van der Waals surface area contributed by atoms with Gasteiger partial charge in [-0.3, -0.25) is 0 Å². The minimum absolute atomic E-state index is 0.506. The Balaban J connectivity index is 1.95. The van der Waals surface area contributed by atoms with Crippen molar-refractivity contribution in [2.45, 2.75) is 6.42 Å². The van der Waals surface area contributed by atoms with Gasteiger partial charge >= 0.3 is 0 Å². The van der Waals surface area contributed by atoms with Crippen LogP contribution in [0.5, 0.6) is 0 Å². The standard InChI is InChI=1S/C12H14N2O/c15-10-13-8-11-6-7-14(9-11)12-4-2-1-3-5-12/h1-5,11H,6-9H2. The molecule has 3 heteroatoms. The van der Waals surface area contributed by atoms with Crippen LogP contribution in [0, 0.1) is 5.92 Å². The minimum Gasteiger partial charge on any atom is -0.371 e. The van der Waals surface area contributed by atoms with Gasteiger partial charge in [-0.15, -0.1) is 0 Å². The first-order valence-electron chi connectivity index (χ1n) is 5.24. The first-order chi connectivity index (χ1) is 7.40. The van der Waals surface area contributed by atoms with Gasteiger partial charge < -0.3 is 4.90 Å². The Bertz CT molecular complexity index is 357. The fourth-order valence-electron chi connectivity index (χ4n) is 2.02. The van der Waals surface area contributed by atoms with Gasteiger partial charge in [0.2, 0.25) is 6.08 Å². The van der Waals surface area contributed by atoms with Crippen molar-refractivity contribution in [3.05, 3.63) is 30.3 Å². The molecule has 2 rings (SSSR count). The lowest BCUT2D eigenvalue weighted by molar-refractivity contribution is 0.552. The van der Waals surface area contributed by atoms with Crippen molar-refractivity contribution in [1.82, 2.24) is 0 Å². The highest BCUT2D eigenvalue weighted by molar-refractivity contribution is 5.46. The molecule has 0 aliphatic carbocycles. The van der Waals surface area contributed by atoms with Gasteiger partial charge in [-0.2, -0.15) is 0 Å². The number of hydrogen-bond donors (Lipinski definition) is 0. The lowest BCUT2D eigenvalue weighted by Crippen LogP contribution is -2.20. The van der Waals surface area contributed by atoms with Crippen molar-refractivity contribution in [2.24, 2.45) is 10.9 Å². The van der Waals surface area contributed by atoms with Crippen molar-refractivity contribution in [1.29, 1.82) is 0 Å². The molecule has 1 aromatic rings. The van der Waals surface area contributed by atoms with Gasteiger partial charge in [0.15, 0.2) is 0 Å². The highest BCUT2D eigenvalue weighted by Crippen LogP contribution is 2.23. The van der Waals surface area contributed by atoms with E-state index in [1.165, 1.54) is 5.69 Å². The smallest absolute Gasteiger partial charge is 0.234 e. The predicted octanol–water partition coefficient (Wildman–Crippen LogP) is 1.85. The number of para-hydroxylation sites is 1. The molecule has 3 nitrogen and oxygen atoms in total. The van der Waals surface area contributed by atoms with E-state index >= 15 is 0 Å². The summed E-state index contributed by atoms with van der Waals surface area (Å²) < 4.78 is 0. The summed E-state index contributed by atoms with van der Waals surface area (Å²) in [6, 6.07) is 10.4.